The Kier molecular flexibility index (Phi) is 3.15. The number of aromatic nitrogens is 2. The average molecular weight is 306 g/mol. The molecule has 0 aliphatic carbocycles. The minimum Gasteiger partial charge on any atom is -0.354 e. The fourth-order valence-electron chi connectivity index (χ4n) is 2.18. The Balaban J connectivity index is 2.04. The van der Waals surface area contributed by atoms with Gasteiger partial charge in [-0.2, -0.15) is 5.10 Å². The molecule has 2 heterocycles. The van der Waals surface area contributed by atoms with Gasteiger partial charge in [0, 0.05) is 24.5 Å². The lowest BCUT2D eigenvalue weighted by Gasteiger charge is -2.08. The topological polar surface area (TPSA) is 102 Å². The molecule has 3 rings (SSSR count). The zero-order valence-electron chi connectivity index (χ0n) is 11.1. The molecule has 0 saturated heterocycles. The Bertz CT molecular complexity index is 755. The second kappa shape index (κ2) is 4.87. The summed E-state index contributed by atoms with van der Waals surface area (Å²) in [6.07, 6.45) is 1.62. The lowest BCUT2D eigenvalue weighted by Crippen LogP contribution is -2.19. The summed E-state index contributed by atoms with van der Waals surface area (Å²) in [5.41, 5.74) is 7.84. The zero-order chi connectivity index (χ0) is 15.1. The number of amides is 2. The third-order valence-electron chi connectivity index (χ3n) is 3.29. The van der Waals surface area contributed by atoms with Crippen LogP contribution in [0, 0.1) is 0 Å². The van der Waals surface area contributed by atoms with Gasteiger partial charge in [0.15, 0.2) is 5.69 Å². The third kappa shape index (κ3) is 2.16. The molecule has 1 aromatic carbocycles. The van der Waals surface area contributed by atoms with Crippen LogP contribution in [0.3, 0.4) is 0 Å². The van der Waals surface area contributed by atoms with Crippen molar-refractivity contribution >= 4 is 29.1 Å². The van der Waals surface area contributed by atoms with Crippen molar-refractivity contribution in [3.05, 3.63) is 40.7 Å². The fraction of sp³-hybridized carbons (Fsp3) is 0.154. The van der Waals surface area contributed by atoms with Gasteiger partial charge < -0.3 is 16.4 Å². The Morgan fingerprint density at radius 2 is 2.29 bits per heavy atom. The Labute approximate surface area is 125 Å². The van der Waals surface area contributed by atoms with Crippen molar-refractivity contribution in [2.75, 3.05) is 12.4 Å². The van der Waals surface area contributed by atoms with Crippen molar-refractivity contribution in [1.29, 1.82) is 0 Å². The van der Waals surface area contributed by atoms with Crippen molar-refractivity contribution in [1.82, 2.24) is 15.1 Å². The van der Waals surface area contributed by atoms with Gasteiger partial charge in [-0.3, -0.25) is 9.59 Å². The Morgan fingerprint density at radius 1 is 1.52 bits per heavy atom. The second-order valence-corrected chi connectivity index (χ2v) is 4.99. The summed E-state index contributed by atoms with van der Waals surface area (Å²) in [5, 5.41) is 9.72. The Morgan fingerprint density at radius 3 is 3.00 bits per heavy atom. The highest BCUT2D eigenvalue weighted by Crippen LogP contribution is 2.35. The van der Waals surface area contributed by atoms with Crippen LogP contribution < -0.4 is 16.4 Å². The van der Waals surface area contributed by atoms with Crippen LogP contribution in [-0.2, 0) is 4.79 Å². The number of nitrogens with two attached hydrogens (primary N) is 1. The standard InChI is InChI=1S/C13H12ClN5O2/c1-16-12(20)8-2-3-19(18-8)10-5-9-6(4-7(10)14)11(15)13(21)17-9/h2-5,11H,15H2,1H3,(H,16,20)(H,17,21). The van der Waals surface area contributed by atoms with Crippen LogP contribution in [0.5, 0.6) is 0 Å². The van der Waals surface area contributed by atoms with Crippen molar-refractivity contribution in [3.8, 4) is 5.69 Å². The predicted molar refractivity (Wildman–Crippen MR) is 77.5 cm³/mol. The van der Waals surface area contributed by atoms with Crippen LogP contribution in [0.2, 0.25) is 5.02 Å². The number of nitrogens with zero attached hydrogens (tertiary/aromatic N) is 2. The smallest absolute Gasteiger partial charge is 0.271 e. The number of halogens is 1. The Hall–Kier alpha value is -2.38. The van der Waals surface area contributed by atoms with Gasteiger partial charge in [0.1, 0.15) is 6.04 Å². The summed E-state index contributed by atoms with van der Waals surface area (Å²) < 4.78 is 1.48. The van der Waals surface area contributed by atoms with Crippen molar-refractivity contribution in [2.45, 2.75) is 6.04 Å². The van der Waals surface area contributed by atoms with E-state index >= 15 is 0 Å². The van der Waals surface area contributed by atoms with E-state index in [0.29, 0.717) is 22.0 Å². The van der Waals surface area contributed by atoms with E-state index in [-0.39, 0.29) is 17.5 Å². The molecule has 2 amide bonds. The van der Waals surface area contributed by atoms with Gasteiger partial charge in [0.2, 0.25) is 5.91 Å². The third-order valence-corrected chi connectivity index (χ3v) is 3.59. The van der Waals surface area contributed by atoms with Crippen LogP contribution in [-0.4, -0.2) is 28.6 Å². The molecule has 0 radical (unpaired) electrons. The highest BCUT2D eigenvalue weighted by molar-refractivity contribution is 6.32. The first kappa shape index (κ1) is 13.6. The van der Waals surface area contributed by atoms with Gasteiger partial charge in [-0.1, -0.05) is 11.6 Å². The summed E-state index contributed by atoms with van der Waals surface area (Å²) in [7, 11) is 1.53. The van der Waals surface area contributed by atoms with E-state index in [9.17, 15) is 9.59 Å². The van der Waals surface area contributed by atoms with Crippen molar-refractivity contribution in [3.63, 3.8) is 0 Å². The monoisotopic (exact) mass is 305 g/mol. The van der Waals surface area contributed by atoms with E-state index in [1.54, 1.807) is 24.4 Å². The zero-order valence-corrected chi connectivity index (χ0v) is 11.8. The lowest BCUT2D eigenvalue weighted by molar-refractivity contribution is -0.116. The molecule has 0 bridgehead atoms. The number of anilines is 1. The van der Waals surface area contributed by atoms with Crippen LogP contribution in [0.4, 0.5) is 5.69 Å². The minimum absolute atomic E-state index is 0.273. The van der Waals surface area contributed by atoms with E-state index in [4.69, 9.17) is 17.3 Å². The molecule has 7 nitrogen and oxygen atoms in total. The average Bonchev–Trinajstić information content (AvgIpc) is 3.05. The first-order chi connectivity index (χ1) is 10.0. The molecular weight excluding hydrogens is 294 g/mol. The van der Waals surface area contributed by atoms with E-state index in [0.717, 1.165) is 0 Å². The van der Waals surface area contributed by atoms with Gasteiger partial charge >= 0.3 is 0 Å². The summed E-state index contributed by atoms with van der Waals surface area (Å²) >= 11 is 6.22. The molecule has 2 aromatic rings. The minimum atomic E-state index is -0.717. The molecule has 0 fully saturated rings. The number of hydrogen-bond donors (Lipinski definition) is 3. The molecule has 1 aromatic heterocycles. The normalized spacial score (nSPS) is 16.5. The predicted octanol–water partition coefficient (Wildman–Crippen LogP) is 0.837. The largest absolute Gasteiger partial charge is 0.354 e. The summed E-state index contributed by atoms with van der Waals surface area (Å²) in [6.45, 7) is 0. The maximum atomic E-state index is 11.6. The molecule has 0 spiro atoms. The molecule has 4 N–H and O–H groups in total. The van der Waals surface area contributed by atoms with Gasteiger partial charge in [-0.05, 0) is 18.2 Å². The second-order valence-electron chi connectivity index (χ2n) is 4.58. The number of benzene rings is 1. The first-order valence-corrected chi connectivity index (χ1v) is 6.57. The van der Waals surface area contributed by atoms with Crippen LogP contribution in [0.15, 0.2) is 24.4 Å². The number of fused-ring (bicyclic) bond motifs is 1. The van der Waals surface area contributed by atoms with E-state index < -0.39 is 6.04 Å². The maximum absolute atomic E-state index is 11.6. The number of rotatable bonds is 2. The van der Waals surface area contributed by atoms with Gasteiger partial charge in [-0.15, -0.1) is 0 Å². The van der Waals surface area contributed by atoms with Crippen molar-refractivity contribution < 1.29 is 9.59 Å². The molecule has 21 heavy (non-hydrogen) atoms. The summed E-state index contributed by atoms with van der Waals surface area (Å²) in [6, 6.07) is 4.18. The van der Waals surface area contributed by atoms with Gasteiger partial charge in [0.05, 0.1) is 10.7 Å². The molecular formula is C13H12ClN5O2. The van der Waals surface area contributed by atoms with Crippen molar-refractivity contribution in [2.24, 2.45) is 5.73 Å². The molecule has 1 aliphatic heterocycles. The fourth-order valence-corrected chi connectivity index (χ4v) is 2.44. The molecule has 108 valence electrons. The summed E-state index contributed by atoms with van der Waals surface area (Å²) in [4.78, 5) is 23.1. The molecule has 1 aliphatic rings. The maximum Gasteiger partial charge on any atom is 0.271 e. The first-order valence-electron chi connectivity index (χ1n) is 6.19. The van der Waals surface area contributed by atoms with E-state index in [1.807, 2.05) is 0 Å². The summed E-state index contributed by atoms with van der Waals surface area (Å²) in [5.74, 6) is -0.564. The van der Waals surface area contributed by atoms with E-state index in [2.05, 4.69) is 15.7 Å². The molecule has 1 atom stereocenters. The molecule has 8 heteroatoms. The van der Waals surface area contributed by atoms with Crippen LogP contribution in [0.25, 0.3) is 5.69 Å². The quantitative estimate of drug-likeness (QED) is 0.765. The lowest BCUT2D eigenvalue weighted by atomic mass is 10.1. The van der Waals surface area contributed by atoms with Gasteiger partial charge in [-0.25, -0.2) is 4.68 Å². The number of carbonyl (C=O) groups is 2. The molecule has 0 saturated carbocycles. The number of carbonyl (C=O) groups excluding carboxylic acids is 2. The van der Waals surface area contributed by atoms with E-state index in [1.165, 1.54) is 11.7 Å². The number of nitrogens with one attached hydrogen (secondary N) is 2. The number of hydrogen-bond acceptors (Lipinski definition) is 4. The SMILES string of the molecule is CNC(=O)c1ccn(-c2cc3c(cc2Cl)C(N)C(=O)N3)n1. The van der Waals surface area contributed by atoms with Crippen LogP contribution in [0.1, 0.15) is 22.1 Å². The van der Waals surface area contributed by atoms with Crippen LogP contribution >= 0.6 is 11.6 Å². The molecule has 1 unspecified atom stereocenters. The highest BCUT2D eigenvalue weighted by Gasteiger charge is 2.28. The van der Waals surface area contributed by atoms with Gasteiger partial charge in [0.25, 0.3) is 5.91 Å². The highest BCUT2D eigenvalue weighted by atomic mass is 35.5.